The molecule has 1 aromatic heterocycles. The number of anilines is 1. The molecule has 0 radical (unpaired) electrons. The lowest BCUT2D eigenvalue weighted by molar-refractivity contribution is 0.529. The van der Waals surface area contributed by atoms with Gasteiger partial charge < -0.3 is 4.90 Å². The van der Waals surface area contributed by atoms with Crippen LogP contribution >= 0.6 is 34.5 Å². The Kier molecular flexibility index (Phi) is 6.37. The first-order valence-electron chi connectivity index (χ1n) is 10.1. The zero-order valence-electron chi connectivity index (χ0n) is 17.7. The molecular weight excluding hydrogens is 471 g/mol. The predicted molar refractivity (Wildman–Crippen MR) is 131 cm³/mol. The SMILES string of the molecule is Cc1cc(S(=O)(=O)C2CCN(c3nc(-c4c(C)cccc4C)cs3)CC2)c(Cl)cc1Cl. The van der Waals surface area contributed by atoms with Gasteiger partial charge in [-0.15, -0.1) is 11.3 Å². The summed E-state index contributed by atoms with van der Waals surface area (Å²) < 4.78 is 26.4. The van der Waals surface area contributed by atoms with E-state index >= 15 is 0 Å². The molecule has 0 bridgehead atoms. The van der Waals surface area contributed by atoms with E-state index in [-0.39, 0.29) is 9.92 Å². The van der Waals surface area contributed by atoms with Crippen molar-refractivity contribution in [3.05, 3.63) is 62.4 Å². The Morgan fingerprint density at radius 1 is 1.00 bits per heavy atom. The van der Waals surface area contributed by atoms with Crippen molar-refractivity contribution in [1.29, 1.82) is 0 Å². The lowest BCUT2D eigenvalue weighted by Crippen LogP contribution is -2.39. The summed E-state index contributed by atoms with van der Waals surface area (Å²) >= 11 is 13.9. The summed E-state index contributed by atoms with van der Waals surface area (Å²) in [5, 5.41) is 3.23. The molecule has 3 aromatic rings. The van der Waals surface area contributed by atoms with Gasteiger partial charge in [0.05, 0.1) is 20.9 Å². The van der Waals surface area contributed by atoms with Gasteiger partial charge in [0.1, 0.15) is 0 Å². The minimum absolute atomic E-state index is 0.182. The highest BCUT2D eigenvalue weighted by atomic mass is 35.5. The zero-order chi connectivity index (χ0) is 22.3. The number of benzene rings is 2. The minimum Gasteiger partial charge on any atom is -0.348 e. The number of nitrogens with zero attached hydrogens (tertiary/aromatic N) is 2. The fraction of sp³-hybridized carbons (Fsp3) is 0.348. The number of piperidine rings is 1. The van der Waals surface area contributed by atoms with Crippen LogP contribution in [0.4, 0.5) is 5.13 Å². The summed E-state index contributed by atoms with van der Waals surface area (Å²) in [4.78, 5) is 7.23. The van der Waals surface area contributed by atoms with Crippen LogP contribution in [0.2, 0.25) is 10.0 Å². The maximum Gasteiger partial charge on any atom is 0.185 e. The molecule has 0 atom stereocenters. The van der Waals surface area contributed by atoms with Crippen LogP contribution in [0.15, 0.2) is 40.6 Å². The highest BCUT2D eigenvalue weighted by Crippen LogP contribution is 2.36. The number of hydrogen-bond acceptors (Lipinski definition) is 5. The molecule has 0 unspecified atom stereocenters. The third-order valence-electron chi connectivity index (χ3n) is 5.90. The van der Waals surface area contributed by atoms with Gasteiger partial charge in [-0.3, -0.25) is 0 Å². The molecular formula is C23H24Cl2N2O2S2. The molecule has 2 aromatic carbocycles. The van der Waals surface area contributed by atoms with Gasteiger partial charge in [0.2, 0.25) is 0 Å². The minimum atomic E-state index is -3.52. The van der Waals surface area contributed by atoms with E-state index in [1.807, 2.05) is 0 Å². The predicted octanol–water partition coefficient (Wildman–Crippen LogP) is 6.48. The largest absolute Gasteiger partial charge is 0.348 e. The summed E-state index contributed by atoms with van der Waals surface area (Å²) in [5.41, 5.74) is 5.28. The van der Waals surface area contributed by atoms with Gasteiger partial charge in [-0.05, 0) is 62.4 Å². The highest BCUT2D eigenvalue weighted by Gasteiger charge is 2.33. The van der Waals surface area contributed by atoms with Gasteiger partial charge >= 0.3 is 0 Å². The van der Waals surface area contributed by atoms with Crippen molar-refractivity contribution in [3.8, 4) is 11.3 Å². The monoisotopic (exact) mass is 494 g/mol. The Morgan fingerprint density at radius 2 is 1.65 bits per heavy atom. The fourth-order valence-corrected chi connectivity index (χ4v) is 7.57. The van der Waals surface area contributed by atoms with Crippen LogP contribution in [0.1, 0.15) is 29.5 Å². The lowest BCUT2D eigenvalue weighted by Gasteiger charge is -2.31. The molecule has 4 nitrogen and oxygen atoms in total. The van der Waals surface area contributed by atoms with E-state index in [2.05, 4.69) is 42.3 Å². The zero-order valence-corrected chi connectivity index (χ0v) is 20.8. The molecule has 0 spiro atoms. The first kappa shape index (κ1) is 22.6. The third-order valence-corrected chi connectivity index (χ3v) is 9.93. The standard InChI is InChI=1S/C23H24Cl2N2O2S2/c1-14-5-4-6-15(2)22(14)20-13-30-23(26-20)27-9-7-17(8-10-27)31(28,29)21-11-16(3)18(24)12-19(21)25/h4-6,11-13,17H,7-10H2,1-3H3. The van der Waals surface area contributed by atoms with Crippen LogP contribution in [0.5, 0.6) is 0 Å². The second kappa shape index (κ2) is 8.74. The molecule has 1 aliphatic heterocycles. The average Bonchev–Trinajstić information content (AvgIpc) is 3.20. The van der Waals surface area contributed by atoms with Crippen molar-refractivity contribution in [2.75, 3.05) is 18.0 Å². The van der Waals surface area contributed by atoms with Crippen molar-refractivity contribution < 1.29 is 8.42 Å². The molecule has 1 aliphatic rings. The van der Waals surface area contributed by atoms with Crippen LogP contribution in [0, 0.1) is 20.8 Å². The van der Waals surface area contributed by atoms with E-state index in [4.69, 9.17) is 28.2 Å². The maximum absolute atomic E-state index is 13.2. The smallest absolute Gasteiger partial charge is 0.185 e. The molecule has 164 valence electrons. The molecule has 2 heterocycles. The average molecular weight is 495 g/mol. The van der Waals surface area contributed by atoms with Gasteiger partial charge in [0, 0.05) is 29.1 Å². The van der Waals surface area contributed by atoms with Gasteiger partial charge in [-0.25, -0.2) is 13.4 Å². The number of aromatic nitrogens is 1. The van der Waals surface area contributed by atoms with Crippen molar-refractivity contribution in [2.45, 2.75) is 43.8 Å². The second-order valence-electron chi connectivity index (χ2n) is 8.05. The molecule has 0 aliphatic carbocycles. The van der Waals surface area contributed by atoms with Gasteiger partial charge in [-0.2, -0.15) is 0 Å². The van der Waals surface area contributed by atoms with Crippen LogP contribution in [-0.2, 0) is 9.84 Å². The molecule has 1 saturated heterocycles. The first-order valence-corrected chi connectivity index (χ1v) is 13.3. The summed E-state index contributed by atoms with van der Waals surface area (Å²) in [6.45, 7) is 7.28. The fourth-order valence-electron chi connectivity index (χ4n) is 4.13. The van der Waals surface area contributed by atoms with Gasteiger partial charge in [-0.1, -0.05) is 41.4 Å². The van der Waals surface area contributed by atoms with E-state index in [1.54, 1.807) is 24.3 Å². The normalized spacial score (nSPS) is 15.5. The van der Waals surface area contributed by atoms with Crippen molar-refractivity contribution in [2.24, 2.45) is 0 Å². The molecule has 8 heteroatoms. The Bertz CT molecular complexity index is 1210. The Morgan fingerprint density at radius 3 is 2.29 bits per heavy atom. The summed E-state index contributed by atoms with van der Waals surface area (Å²) in [7, 11) is -3.52. The quantitative estimate of drug-likeness (QED) is 0.416. The lowest BCUT2D eigenvalue weighted by atomic mass is 10.0. The number of thiazole rings is 1. The summed E-state index contributed by atoms with van der Waals surface area (Å²) in [6, 6.07) is 9.36. The molecule has 4 rings (SSSR count). The Hall–Kier alpha value is -1.60. The number of aryl methyl sites for hydroxylation is 3. The topological polar surface area (TPSA) is 50.3 Å². The molecule has 0 amide bonds. The van der Waals surface area contributed by atoms with Crippen molar-refractivity contribution >= 4 is 49.5 Å². The number of rotatable bonds is 4. The Balaban J connectivity index is 1.51. The maximum atomic E-state index is 13.2. The summed E-state index contributed by atoms with van der Waals surface area (Å²) in [5.74, 6) is 0. The number of hydrogen-bond donors (Lipinski definition) is 0. The van der Waals surface area contributed by atoms with Crippen LogP contribution in [-0.4, -0.2) is 31.7 Å². The van der Waals surface area contributed by atoms with Crippen LogP contribution in [0.25, 0.3) is 11.3 Å². The second-order valence-corrected chi connectivity index (χ2v) is 11.9. The third kappa shape index (κ3) is 4.36. The van der Waals surface area contributed by atoms with Gasteiger partial charge in [0.15, 0.2) is 15.0 Å². The van der Waals surface area contributed by atoms with E-state index in [0.717, 1.165) is 10.8 Å². The first-order chi connectivity index (χ1) is 14.7. The van der Waals surface area contributed by atoms with E-state index < -0.39 is 15.1 Å². The van der Waals surface area contributed by atoms with Crippen molar-refractivity contribution in [3.63, 3.8) is 0 Å². The van der Waals surface area contributed by atoms with E-state index in [1.165, 1.54) is 22.8 Å². The molecule has 0 saturated carbocycles. The van der Waals surface area contributed by atoms with E-state index in [0.29, 0.717) is 36.5 Å². The summed E-state index contributed by atoms with van der Waals surface area (Å²) in [6.07, 6.45) is 1.08. The molecule has 0 N–H and O–H groups in total. The van der Waals surface area contributed by atoms with Crippen LogP contribution in [0.3, 0.4) is 0 Å². The molecule has 1 fully saturated rings. The van der Waals surface area contributed by atoms with Gasteiger partial charge in [0.25, 0.3) is 0 Å². The number of sulfone groups is 1. The number of halogens is 2. The Labute approximate surface area is 197 Å². The van der Waals surface area contributed by atoms with E-state index in [9.17, 15) is 8.42 Å². The van der Waals surface area contributed by atoms with Crippen molar-refractivity contribution in [1.82, 2.24) is 4.98 Å². The molecule has 31 heavy (non-hydrogen) atoms. The highest BCUT2D eigenvalue weighted by molar-refractivity contribution is 7.92. The van der Waals surface area contributed by atoms with Crippen LogP contribution < -0.4 is 4.90 Å².